The number of aromatic amines is 1. The van der Waals surface area contributed by atoms with Crippen molar-refractivity contribution in [2.75, 3.05) is 38.5 Å². The maximum absolute atomic E-state index is 13.6. The maximum Gasteiger partial charge on any atom is 0.253 e. The number of pyridine rings is 1. The Morgan fingerprint density at radius 3 is 2.52 bits per heavy atom. The number of carbonyl (C=O) groups is 2. The smallest absolute Gasteiger partial charge is 0.253 e. The molecule has 212 valence electrons. The van der Waals surface area contributed by atoms with Crippen LogP contribution < -0.4 is 16.2 Å². The van der Waals surface area contributed by atoms with Gasteiger partial charge in [-0.15, -0.1) is 0 Å². The van der Waals surface area contributed by atoms with Crippen molar-refractivity contribution in [3.05, 3.63) is 68.1 Å². The molecule has 0 unspecified atom stereocenters. The van der Waals surface area contributed by atoms with E-state index in [1.54, 1.807) is 0 Å². The van der Waals surface area contributed by atoms with Crippen molar-refractivity contribution in [1.29, 1.82) is 5.41 Å². The molecule has 9 heteroatoms. The first kappa shape index (κ1) is 27.8. The Morgan fingerprint density at radius 2 is 1.90 bits per heavy atom. The fraction of sp³-hybridized carbons (Fsp3) is 0.484. The van der Waals surface area contributed by atoms with Crippen LogP contribution in [0.1, 0.15) is 70.4 Å². The highest BCUT2D eigenvalue weighted by Gasteiger charge is 2.33. The van der Waals surface area contributed by atoms with Gasteiger partial charge in [-0.2, -0.15) is 0 Å². The highest BCUT2D eigenvalue weighted by molar-refractivity contribution is 6.06. The van der Waals surface area contributed by atoms with Gasteiger partial charge in [0.15, 0.2) is 0 Å². The van der Waals surface area contributed by atoms with Crippen LogP contribution in [-0.2, 0) is 11.3 Å². The molecular weight excluding hydrogens is 504 g/mol. The number of likely N-dealkylation sites (tertiary alicyclic amines) is 1. The summed E-state index contributed by atoms with van der Waals surface area (Å²) < 4.78 is 0. The zero-order valence-corrected chi connectivity index (χ0v) is 23.7. The van der Waals surface area contributed by atoms with E-state index in [0.29, 0.717) is 42.2 Å². The molecule has 1 aromatic carbocycles. The number of carbonyl (C=O) groups excluding carboxylic acids is 2. The first-order valence-corrected chi connectivity index (χ1v) is 14.3. The maximum atomic E-state index is 13.6. The number of H-pyrrole nitrogens is 1. The van der Waals surface area contributed by atoms with Crippen LogP contribution in [0.3, 0.4) is 0 Å². The lowest BCUT2D eigenvalue weighted by Gasteiger charge is -2.39. The van der Waals surface area contributed by atoms with Crippen molar-refractivity contribution >= 4 is 29.3 Å². The molecule has 40 heavy (non-hydrogen) atoms. The average Bonchev–Trinajstić information content (AvgIpc) is 3.43. The number of hydrogen-bond acceptors (Lipinski definition) is 6. The van der Waals surface area contributed by atoms with Gasteiger partial charge in [-0.3, -0.25) is 14.4 Å². The van der Waals surface area contributed by atoms with E-state index in [1.165, 1.54) is 19.1 Å². The third-order valence-corrected chi connectivity index (χ3v) is 8.51. The van der Waals surface area contributed by atoms with Crippen LogP contribution in [0.4, 0.5) is 5.69 Å². The van der Waals surface area contributed by atoms with E-state index in [0.717, 1.165) is 54.0 Å². The van der Waals surface area contributed by atoms with Crippen molar-refractivity contribution in [3.8, 4) is 0 Å². The summed E-state index contributed by atoms with van der Waals surface area (Å²) in [7, 11) is 2.03. The molecule has 2 amide bonds. The summed E-state index contributed by atoms with van der Waals surface area (Å²) in [6, 6.07) is 6.11. The van der Waals surface area contributed by atoms with E-state index >= 15 is 0 Å². The van der Waals surface area contributed by atoms with Gasteiger partial charge in [0, 0.05) is 67.5 Å². The molecule has 0 radical (unpaired) electrons. The number of hydrogen-bond donors (Lipinski definition) is 4. The number of nitrogens with zero attached hydrogens (tertiary/aromatic N) is 2. The number of aromatic nitrogens is 1. The van der Waals surface area contributed by atoms with Crippen molar-refractivity contribution < 1.29 is 9.59 Å². The van der Waals surface area contributed by atoms with Crippen LogP contribution >= 0.6 is 0 Å². The zero-order chi connectivity index (χ0) is 28.4. The fourth-order valence-corrected chi connectivity index (χ4v) is 6.20. The van der Waals surface area contributed by atoms with E-state index in [1.807, 2.05) is 37.9 Å². The molecule has 2 aromatic rings. The minimum atomic E-state index is -0.323. The van der Waals surface area contributed by atoms with E-state index in [4.69, 9.17) is 5.41 Å². The number of benzene rings is 1. The minimum absolute atomic E-state index is 0.0914. The van der Waals surface area contributed by atoms with Gasteiger partial charge >= 0.3 is 0 Å². The van der Waals surface area contributed by atoms with Gasteiger partial charge in [0.05, 0.1) is 11.5 Å². The van der Waals surface area contributed by atoms with Crippen molar-refractivity contribution in [1.82, 2.24) is 20.1 Å². The predicted octanol–water partition coefficient (Wildman–Crippen LogP) is 3.45. The SMILES string of the molecule is Cc1cc(C)c(CNC(=O)c2cc(C3=CCN(C(=O)C4CN(C)C4)CC3)cc(NC3CCCC3)c2C=N)c(=O)[nH]1. The molecule has 2 fully saturated rings. The lowest BCUT2D eigenvalue weighted by molar-refractivity contribution is -0.140. The minimum Gasteiger partial charge on any atom is -0.382 e. The van der Waals surface area contributed by atoms with E-state index in [2.05, 4.69) is 32.7 Å². The molecule has 0 atom stereocenters. The molecule has 1 aliphatic carbocycles. The molecule has 4 N–H and O–H groups in total. The Morgan fingerprint density at radius 1 is 1.15 bits per heavy atom. The second kappa shape index (κ2) is 11.8. The third kappa shape index (κ3) is 5.89. The molecule has 2 aliphatic heterocycles. The van der Waals surface area contributed by atoms with Crippen molar-refractivity contribution in [3.63, 3.8) is 0 Å². The lowest BCUT2D eigenvalue weighted by Crippen LogP contribution is -2.53. The third-order valence-electron chi connectivity index (χ3n) is 8.51. The monoisotopic (exact) mass is 544 g/mol. The van der Waals surface area contributed by atoms with Gasteiger partial charge in [0.25, 0.3) is 11.5 Å². The molecule has 1 saturated heterocycles. The normalized spacial score (nSPS) is 18.3. The summed E-state index contributed by atoms with van der Waals surface area (Å²) in [4.78, 5) is 45.8. The Bertz CT molecular complexity index is 1400. The molecule has 9 nitrogen and oxygen atoms in total. The summed E-state index contributed by atoms with van der Waals surface area (Å²) in [5.74, 6) is -0.0112. The standard InChI is InChI=1S/C31H40N6O3/c1-19-12-20(2)34-30(39)27(19)16-33-29(38)25-13-22(14-28(26(25)15-32)35-24-6-4-5-7-24)21-8-10-37(11-9-21)31(40)23-17-36(3)18-23/h8,12-15,23-24,32,35H,4-7,9-11,16-18H2,1-3H3,(H,33,38)(H,34,39). The summed E-state index contributed by atoms with van der Waals surface area (Å²) in [5.41, 5.74) is 5.68. The molecule has 3 aliphatic rings. The van der Waals surface area contributed by atoms with Crippen LogP contribution in [0.15, 0.2) is 29.1 Å². The molecular formula is C31H40N6O3. The Hall–Kier alpha value is -3.72. The van der Waals surface area contributed by atoms with Gasteiger partial charge in [0.2, 0.25) is 5.91 Å². The largest absolute Gasteiger partial charge is 0.382 e. The first-order chi connectivity index (χ1) is 19.2. The zero-order valence-electron chi connectivity index (χ0n) is 23.7. The Balaban J connectivity index is 1.41. The van der Waals surface area contributed by atoms with Crippen molar-refractivity contribution in [2.45, 2.75) is 58.5 Å². The van der Waals surface area contributed by atoms with Crippen LogP contribution in [0, 0.1) is 25.2 Å². The van der Waals surface area contributed by atoms with E-state index in [9.17, 15) is 14.4 Å². The quantitative estimate of drug-likeness (QED) is 0.380. The molecule has 3 heterocycles. The number of aryl methyl sites for hydroxylation is 2. The topological polar surface area (TPSA) is 121 Å². The van der Waals surface area contributed by atoms with Crippen LogP contribution in [0.25, 0.3) is 5.57 Å². The molecule has 5 rings (SSSR count). The average molecular weight is 545 g/mol. The summed E-state index contributed by atoms with van der Waals surface area (Å²) in [5, 5.41) is 14.7. The molecule has 0 spiro atoms. The van der Waals surface area contributed by atoms with Crippen molar-refractivity contribution in [2.24, 2.45) is 5.92 Å². The van der Waals surface area contributed by atoms with Gasteiger partial charge in [-0.25, -0.2) is 0 Å². The molecule has 1 saturated carbocycles. The lowest BCUT2D eigenvalue weighted by atomic mass is 9.92. The Labute approximate surface area is 235 Å². The fourth-order valence-electron chi connectivity index (χ4n) is 6.20. The molecule has 1 aromatic heterocycles. The van der Waals surface area contributed by atoms with Gasteiger partial charge in [-0.1, -0.05) is 18.9 Å². The number of rotatable bonds is 8. The predicted molar refractivity (Wildman–Crippen MR) is 158 cm³/mol. The Kier molecular flexibility index (Phi) is 8.21. The summed E-state index contributed by atoms with van der Waals surface area (Å²) in [6.07, 6.45) is 8.51. The van der Waals surface area contributed by atoms with Gasteiger partial charge < -0.3 is 30.8 Å². The second-order valence-corrected chi connectivity index (χ2v) is 11.6. The highest BCUT2D eigenvalue weighted by atomic mass is 16.2. The van der Waals surface area contributed by atoms with Crippen LogP contribution in [-0.4, -0.2) is 72.1 Å². The highest BCUT2D eigenvalue weighted by Crippen LogP contribution is 2.32. The summed E-state index contributed by atoms with van der Waals surface area (Å²) in [6.45, 7) is 6.65. The second-order valence-electron chi connectivity index (χ2n) is 11.6. The van der Waals surface area contributed by atoms with Gasteiger partial charge in [0.1, 0.15) is 0 Å². The number of nitrogens with one attached hydrogen (secondary N) is 4. The first-order valence-electron chi connectivity index (χ1n) is 14.3. The van der Waals surface area contributed by atoms with E-state index < -0.39 is 0 Å². The van der Waals surface area contributed by atoms with Crippen LogP contribution in [0.2, 0.25) is 0 Å². The number of anilines is 1. The molecule has 0 bridgehead atoms. The van der Waals surface area contributed by atoms with Gasteiger partial charge in [-0.05, 0) is 75.1 Å². The number of amides is 2. The summed E-state index contributed by atoms with van der Waals surface area (Å²) >= 11 is 0. The van der Waals surface area contributed by atoms with E-state index in [-0.39, 0.29) is 29.8 Å². The van der Waals surface area contributed by atoms with Crippen LogP contribution in [0.5, 0.6) is 0 Å².